The first-order valence-electron chi connectivity index (χ1n) is 10.7. The maximum absolute atomic E-state index is 13.2. The molecule has 3 heterocycles. The molecule has 1 aromatic heterocycles. The van der Waals surface area contributed by atoms with Gasteiger partial charge in [-0.05, 0) is 40.2 Å². The van der Waals surface area contributed by atoms with E-state index in [-0.39, 0.29) is 17.9 Å². The Morgan fingerprint density at radius 3 is 2.24 bits per heavy atom. The Balaban J connectivity index is 1.65. The first-order valence-corrected chi connectivity index (χ1v) is 10.7. The number of rotatable bonds is 3. The van der Waals surface area contributed by atoms with Gasteiger partial charge in [0.05, 0.1) is 17.5 Å². The van der Waals surface area contributed by atoms with E-state index in [9.17, 15) is 9.59 Å². The van der Waals surface area contributed by atoms with Gasteiger partial charge in [0.15, 0.2) is 0 Å². The van der Waals surface area contributed by atoms with Crippen molar-refractivity contribution in [2.24, 2.45) is 7.05 Å². The van der Waals surface area contributed by atoms with Crippen LogP contribution in [-0.2, 0) is 11.8 Å². The second-order valence-corrected chi connectivity index (χ2v) is 9.04. The molecule has 0 spiro atoms. The zero-order chi connectivity index (χ0) is 21.2. The van der Waals surface area contributed by atoms with E-state index in [0.717, 1.165) is 51.3 Å². The van der Waals surface area contributed by atoms with Crippen molar-refractivity contribution >= 4 is 12.0 Å². The van der Waals surface area contributed by atoms with E-state index in [4.69, 9.17) is 4.74 Å². The number of piperidine rings is 1. The van der Waals surface area contributed by atoms with Crippen LogP contribution in [0.2, 0.25) is 0 Å². The van der Waals surface area contributed by atoms with Crippen LogP contribution in [0.5, 0.6) is 0 Å². The molecule has 0 saturated carbocycles. The summed E-state index contributed by atoms with van der Waals surface area (Å²) < 4.78 is 7.33. The number of ether oxygens (including phenoxy) is 1. The summed E-state index contributed by atoms with van der Waals surface area (Å²) in [5, 5.41) is 4.39. The molecule has 0 unspecified atom stereocenters. The summed E-state index contributed by atoms with van der Waals surface area (Å²) in [4.78, 5) is 31.6. The Morgan fingerprint density at radius 2 is 1.69 bits per heavy atom. The number of hydrogen-bond acceptors (Lipinski definition) is 5. The first kappa shape index (κ1) is 21.6. The van der Waals surface area contributed by atoms with Gasteiger partial charge in [-0.1, -0.05) is 6.92 Å². The molecule has 8 nitrogen and oxygen atoms in total. The van der Waals surface area contributed by atoms with Crippen molar-refractivity contribution in [2.75, 3.05) is 45.8 Å². The zero-order valence-electron chi connectivity index (χ0n) is 18.5. The van der Waals surface area contributed by atoms with Crippen LogP contribution >= 0.6 is 0 Å². The molecule has 0 atom stereocenters. The van der Waals surface area contributed by atoms with Crippen LogP contribution in [0.4, 0.5) is 4.79 Å². The molecule has 2 aliphatic rings. The van der Waals surface area contributed by atoms with Crippen molar-refractivity contribution in [3.63, 3.8) is 0 Å². The maximum atomic E-state index is 13.2. The van der Waals surface area contributed by atoms with E-state index < -0.39 is 5.60 Å². The minimum atomic E-state index is -0.489. The minimum absolute atomic E-state index is 0.0819. The number of piperazine rings is 1. The highest BCUT2D eigenvalue weighted by Gasteiger charge is 2.32. The molecule has 0 aliphatic carbocycles. The summed E-state index contributed by atoms with van der Waals surface area (Å²) >= 11 is 0. The Kier molecular flexibility index (Phi) is 6.51. The predicted molar refractivity (Wildman–Crippen MR) is 111 cm³/mol. The lowest BCUT2D eigenvalue weighted by molar-refractivity contribution is 0.0202. The van der Waals surface area contributed by atoms with Crippen molar-refractivity contribution in [3.05, 3.63) is 17.5 Å². The van der Waals surface area contributed by atoms with Crippen LogP contribution in [0.3, 0.4) is 0 Å². The molecule has 0 N–H and O–H groups in total. The third-order valence-corrected chi connectivity index (χ3v) is 5.86. The Bertz CT molecular complexity index is 723. The molecular weight excluding hydrogens is 370 g/mol. The molecule has 8 heteroatoms. The molecule has 2 fully saturated rings. The van der Waals surface area contributed by atoms with Crippen molar-refractivity contribution < 1.29 is 14.3 Å². The summed E-state index contributed by atoms with van der Waals surface area (Å²) in [6.45, 7) is 13.5. The minimum Gasteiger partial charge on any atom is -0.444 e. The van der Waals surface area contributed by atoms with Gasteiger partial charge in [-0.3, -0.25) is 9.48 Å². The van der Waals surface area contributed by atoms with Crippen LogP contribution in [0.15, 0.2) is 6.20 Å². The van der Waals surface area contributed by atoms with Gasteiger partial charge in [0, 0.05) is 52.2 Å². The molecule has 0 radical (unpaired) electrons. The van der Waals surface area contributed by atoms with Crippen LogP contribution in [-0.4, -0.2) is 87.9 Å². The summed E-state index contributed by atoms with van der Waals surface area (Å²) in [6, 6.07) is 0. The van der Waals surface area contributed by atoms with E-state index in [1.807, 2.05) is 37.4 Å². The van der Waals surface area contributed by atoms with Crippen molar-refractivity contribution in [1.82, 2.24) is 24.5 Å². The summed E-state index contributed by atoms with van der Waals surface area (Å²) in [7, 11) is 1.90. The van der Waals surface area contributed by atoms with Gasteiger partial charge in [-0.2, -0.15) is 5.10 Å². The predicted octanol–water partition coefficient (Wildman–Crippen LogP) is 2.31. The molecule has 29 heavy (non-hydrogen) atoms. The lowest BCUT2D eigenvalue weighted by Gasteiger charge is -2.35. The fourth-order valence-corrected chi connectivity index (χ4v) is 4.20. The van der Waals surface area contributed by atoms with Crippen molar-refractivity contribution in [1.29, 1.82) is 0 Å². The average molecular weight is 406 g/mol. The van der Waals surface area contributed by atoms with Crippen LogP contribution in [0.1, 0.15) is 62.5 Å². The molecule has 0 bridgehead atoms. The number of nitrogens with zero attached hydrogens (tertiary/aromatic N) is 5. The van der Waals surface area contributed by atoms with Gasteiger partial charge >= 0.3 is 6.09 Å². The van der Waals surface area contributed by atoms with Gasteiger partial charge in [0.25, 0.3) is 5.91 Å². The lowest BCUT2D eigenvalue weighted by atomic mass is 9.91. The van der Waals surface area contributed by atoms with Gasteiger partial charge in [0.2, 0.25) is 0 Å². The third-order valence-electron chi connectivity index (χ3n) is 5.86. The number of likely N-dealkylation sites (tertiary alicyclic amines) is 1. The summed E-state index contributed by atoms with van der Waals surface area (Å²) in [5.74, 6) is 0.301. The number of aryl methyl sites for hydroxylation is 1. The SMILES string of the molecule is CCN1CCN(C(=O)c2cnn(C)c2C2CCN(C(=O)OC(C)(C)C)CC2)CC1. The van der Waals surface area contributed by atoms with Crippen LogP contribution in [0.25, 0.3) is 0 Å². The molecule has 3 rings (SSSR count). The Morgan fingerprint density at radius 1 is 1.07 bits per heavy atom. The highest BCUT2D eigenvalue weighted by atomic mass is 16.6. The topological polar surface area (TPSA) is 70.9 Å². The number of amides is 2. The largest absolute Gasteiger partial charge is 0.444 e. The highest BCUT2D eigenvalue weighted by molar-refractivity contribution is 5.95. The number of aromatic nitrogens is 2. The van der Waals surface area contributed by atoms with Gasteiger partial charge in [-0.25, -0.2) is 4.79 Å². The number of carbonyl (C=O) groups excluding carboxylic acids is 2. The van der Waals surface area contributed by atoms with Gasteiger partial charge < -0.3 is 19.4 Å². The van der Waals surface area contributed by atoms with E-state index >= 15 is 0 Å². The normalized spacial score (nSPS) is 19.5. The van der Waals surface area contributed by atoms with Crippen molar-refractivity contribution in [3.8, 4) is 0 Å². The number of carbonyl (C=O) groups is 2. The summed E-state index contributed by atoms with van der Waals surface area (Å²) in [5.41, 5.74) is 1.22. The molecule has 162 valence electrons. The molecule has 1 aromatic rings. The van der Waals surface area contributed by atoms with Crippen molar-refractivity contribution in [2.45, 2.75) is 52.1 Å². The molecule has 2 aliphatic heterocycles. The fraction of sp³-hybridized carbons (Fsp3) is 0.762. The maximum Gasteiger partial charge on any atom is 0.410 e. The Hall–Kier alpha value is -2.09. The first-order chi connectivity index (χ1) is 13.7. The second kappa shape index (κ2) is 8.73. The quantitative estimate of drug-likeness (QED) is 0.772. The fourth-order valence-electron chi connectivity index (χ4n) is 4.20. The van der Waals surface area contributed by atoms with Crippen LogP contribution < -0.4 is 0 Å². The molecule has 2 amide bonds. The van der Waals surface area contributed by atoms with E-state index in [0.29, 0.717) is 18.7 Å². The van der Waals surface area contributed by atoms with E-state index in [1.54, 1.807) is 11.1 Å². The second-order valence-electron chi connectivity index (χ2n) is 9.04. The number of hydrogen-bond donors (Lipinski definition) is 0. The summed E-state index contributed by atoms with van der Waals surface area (Å²) in [6.07, 6.45) is 3.07. The number of likely N-dealkylation sites (N-methyl/N-ethyl adjacent to an activating group) is 1. The third kappa shape index (κ3) is 5.10. The monoisotopic (exact) mass is 405 g/mol. The zero-order valence-corrected chi connectivity index (χ0v) is 18.5. The van der Waals surface area contributed by atoms with Gasteiger partial charge in [0.1, 0.15) is 5.60 Å². The smallest absolute Gasteiger partial charge is 0.410 e. The molecular formula is C21H35N5O3. The standard InChI is InChI=1S/C21H35N5O3/c1-6-24-11-13-25(14-12-24)19(27)17-15-22-23(5)18(17)16-7-9-26(10-8-16)20(28)29-21(2,3)4/h15-16H,6-14H2,1-5H3. The molecule has 0 aromatic carbocycles. The lowest BCUT2D eigenvalue weighted by Crippen LogP contribution is -2.48. The highest BCUT2D eigenvalue weighted by Crippen LogP contribution is 2.31. The van der Waals surface area contributed by atoms with Crippen LogP contribution in [0, 0.1) is 0 Å². The van der Waals surface area contributed by atoms with Gasteiger partial charge in [-0.15, -0.1) is 0 Å². The van der Waals surface area contributed by atoms with E-state index in [2.05, 4.69) is 16.9 Å². The van der Waals surface area contributed by atoms with E-state index in [1.165, 1.54) is 0 Å². The average Bonchev–Trinajstić information content (AvgIpc) is 3.07. The Labute approximate surface area is 173 Å². The molecule has 2 saturated heterocycles.